The number of fused-ring (bicyclic) bond motifs is 3. The summed E-state index contributed by atoms with van der Waals surface area (Å²) in [6.45, 7) is 4.05. The van der Waals surface area contributed by atoms with Gasteiger partial charge in [-0.3, -0.25) is 4.98 Å². The Kier molecular flexibility index (Phi) is 2.21. The SMILES string of the molecule is Cc1c2n(c3ccnc(CCN)c13)CCC2. The molecule has 0 bridgehead atoms. The zero-order valence-electron chi connectivity index (χ0n) is 9.66. The van der Waals surface area contributed by atoms with Gasteiger partial charge in [-0.1, -0.05) is 0 Å². The van der Waals surface area contributed by atoms with Crippen LogP contribution >= 0.6 is 0 Å². The summed E-state index contributed by atoms with van der Waals surface area (Å²) in [5.41, 5.74) is 11.1. The number of nitrogens with zero attached hydrogens (tertiary/aromatic N) is 2. The molecule has 2 N–H and O–H groups in total. The van der Waals surface area contributed by atoms with Crippen molar-refractivity contribution < 1.29 is 0 Å². The zero-order valence-corrected chi connectivity index (χ0v) is 9.66. The smallest absolute Gasteiger partial charge is 0.0519 e. The van der Waals surface area contributed by atoms with Crippen LogP contribution in [0.2, 0.25) is 0 Å². The van der Waals surface area contributed by atoms with Gasteiger partial charge in [0.1, 0.15) is 0 Å². The first-order valence-electron chi connectivity index (χ1n) is 5.98. The highest BCUT2D eigenvalue weighted by Crippen LogP contribution is 2.32. The summed E-state index contributed by atoms with van der Waals surface area (Å²) in [7, 11) is 0. The highest BCUT2D eigenvalue weighted by atomic mass is 15.0. The van der Waals surface area contributed by atoms with Crippen molar-refractivity contribution in [2.75, 3.05) is 6.54 Å². The largest absolute Gasteiger partial charge is 0.344 e. The highest BCUT2D eigenvalue weighted by Gasteiger charge is 2.20. The van der Waals surface area contributed by atoms with E-state index in [1.807, 2.05) is 6.20 Å². The summed E-state index contributed by atoms with van der Waals surface area (Å²) >= 11 is 0. The highest BCUT2D eigenvalue weighted by molar-refractivity contribution is 5.87. The lowest BCUT2D eigenvalue weighted by Gasteiger charge is -2.03. The number of aryl methyl sites for hydroxylation is 2. The van der Waals surface area contributed by atoms with Crippen LogP contribution in [0.1, 0.15) is 23.4 Å². The van der Waals surface area contributed by atoms with Crippen LogP contribution in [0.15, 0.2) is 12.3 Å². The van der Waals surface area contributed by atoms with E-state index in [9.17, 15) is 0 Å². The van der Waals surface area contributed by atoms with Crippen LogP contribution in [-0.4, -0.2) is 16.1 Å². The second kappa shape index (κ2) is 3.59. The van der Waals surface area contributed by atoms with Crippen molar-refractivity contribution in [3.8, 4) is 0 Å². The van der Waals surface area contributed by atoms with Crippen LogP contribution in [0, 0.1) is 6.92 Å². The second-order valence-corrected chi connectivity index (χ2v) is 4.52. The fraction of sp³-hybridized carbons (Fsp3) is 0.462. The summed E-state index contributed by atoms with van der Waals surface area (Å²) in [4.78, 5) is 4.48. The fourth-order valence-corrected chi connectivity index (χ4v) is 2.93. The molecule has 0 unspecified atom stereocenters. The molecule has 16 heavy (non-hydrogen) atoms. The van der Waals surface area contributed by atoms with Crippen LogP contribution in [0.25, 0.3) is 10.9 Å². The molecule has 0 amide bonds. The minimum atomic E-state index is 0.673. The van der Waals surface area contributed by atoms with E-state index in [1.54, 1.807) is 0 Å². The summed E-state index contributed by atoms with van der Waals surface area (Å²) in [5, 5.41) is 1.35. The Morgan fingerprint density at radius 3 is 3.19 bits per heavy atom. The molecular weight excluding hydrogens is 198 g/mol. The number of hydrogen-bond acceptors (Lipinski definition) is 2. The molecule has 84 valence electrons. The average Bonchev–Trinajstić information content (AvgIpc) is 2.84. The molecule has 2 aromatic heterocycles. The Balaban J connectivity index is 2.32. The van der Waals surface area contributed by atoms with Gasteiger partial charge < -0.3 is 10.3 Å². The molecule has 1 aliphatic rings. The Hall–Kier alpha value is -1.35. The quantitative estimate of drug-likeness (QED) is 0.830. The summed E-state index contributed by atoms with van der Waals surface area (Å²) < 4.78 is 2.45. The first-order valence-corrected chi connectivity index (χ1v) is 5.98. The van der Waals surface area contributed by atoms with Crippen molar-refractivity contribution in [3.05, 3.63) is 29.2 Å². The lowest BCUT2D eigenvalue weighted by Crippen LogP contribution is -2.05. The molecule has 3 rings (SSSR count). The first kappa shape index (κ1) is 9.85. The molecule has 0 spiro atoms. The zero-order chi connectivity index (χ0) is 11.1. The molecule has 0 fully saturated rings. The predicted molar refractivity (Wildman–Crippen MR) is 65.5 cm³/mol. The van der Waals surface area contributed by atoms with Crippen molar-refractivity contribution in [2.45, 2.75) is 32.7 Å². The van der Waals surface area contributed by atoms with Crippen LogP contribution in [0.3, 0.4) is 0 Å². The van der Waals surface area contributed by atoms with Gasteiger partial charge >= 0.3 is 0 Å². The van der Waals surface area contributed by atoms with Gasteiger partial charge in [-0.25, -0.2) is 0 Å². The van der Waals surface area contributed by atoms with E-state index < -0.39 is 0 Å². The lowest BCUT2D eigenvalue weighted by molar-refractivity contribution is 0.771. The minimum Gasteiger partial charge on any atom is -0.344 e. The molecule has 3 heteroatoms. The van der Waals surface area contributed by atoms with Gasteiger partial charge in [-0.15, -0.1) is 0 Å². The minimum absolute atomic E-state index is 0.673. The second-order valence-electron chi connectivity index (χ2n) is 4.52. The van der Waals surface area contributed by atoms with E-state index in [4.69, 9.17) is 5.73 Å². The lowest BCUT2D eigenvalue weighted by atomic mass is 10.1. The number of aromatic nitrogens is 2. The van der Waals surface area contributed by atoms with Gasteiger partial charge in [-0.05, 0) is 37.9 Å². The molecule has 0 saturated heterocycles. The van der Waals surface area contributed by atoms with Crippen molar-refractivity contribution in [1.82, 2.24) is 9.55 Å². The van der Waals surface area contributed by atoms with Crippen LogP contribution in [-0.2, 0) is 19.4 Å². The third-order valence-electron chi connectivity index (χ3n) is 3.61. The molecule has 3 nitrogen and oxygen atoms in total. The average molecular weight is 215 g/mol. The summed E-state index contributed by atoms with van der Waals surface area (Å²) in [5.74, 6) is 0. The molecule has 0 atom stereocenters. The normalized spacial score (nSPS) is 14.6. The molecular formula is C13H17N3. The number of pyridine rings is 1. The predicted octanol–water partition coefficient (Wildman–Crippen LogP) is 1.79. The maximum Gasteiger partial charge on any atom is 0.0519 e. The molecule has 1 aliphatic heterocycles. The van der Waals surface area contributed by atoms with E-state index in [0.717, 1.165) is 13.0 Å². The summed E-state index contributed by atoms with van der Waals surface area (Å²) in [6.07, 6.45) is 5.28. The number of rotatable bonds is 2. The fourth-order valence-electron chi connectivity index (χ4n) is 2.93. The van der Waals surface area contributed by atoms with Gasteiger partial charge in [0.25, 0.3) is 0 Å². The van der Waals surface area contributed by atoms with Crippen molar-refractivity contribution in [3.63, 3.8) is 0 Å². The molecule has 3 heterocycles. The molecule has 0 saturated carbocycles. The first-order chi connectivity index (χ1) is 7.83. The van der Waals surface area contributed by atoms with E-state index >= 15 is 0 Å². The van der Waals surface area contributed by atoms with Gasteiger partial charge in [0.2, 0.25) is 0 Å². The molecule has 0 aromatic carbocycles. The third kappa shape index (κ3) is 1.21. The topological polar surface area (TPSA) is 43.8 Å². The third-order valence-corrected chi connectivity index (χ3v) is 3.61. The number of nitrogens with two attached hydrogens (primary N) is 1. The Morgan fingerprint density at radius 1 is 1.50 bits per heavy atom. The Labute approximate surface area is 95.3 Å². The maximum atomic E-state index is 5.65. The van der Waals surface area contributed by atoms with Crippen LogP contribution < -0.4 is 5.73 Å². The van der Waals surface area contributed by atoms with Crippen molar-refractivity contribution in [1.29, 1.82) is 0 Å². The van der Waals surface area contributed by atoms with E-state index in [2.05, 4.69) is 22.5 Å². The summed E-state index contributed by atoms with van der Waals surface area (Å²) in [6, 6.07) is 2.14. The molecule has 0 radical (unpaired) electrons. The van der Waals surface area contributed by atoms with Gasteiger partial charge in [0.05, 0.1) is 11.2 Å². The van der Waals surface area contributed by atoms with E-state index in [0.29, 0.717) is 6.54 Å². The van der Waals surface area contributed by atoms with E-state index in [1.165, 1.54) is 40.7 Å². The maximum absolute atomic E-state index is 5.65. The van der Waals surface area contributed by atoms with Crippen molar-refractivity contribution in [2.24, 2.45) is 5.73 Å². The Bertz CT molecular complexity index is 540. The van der Waals surface area contributed by atoms with Crippen molar-refractivity contribution >= 4 is 10.9 Å². The van der Waals surface area contributed by atoms with Gasteiger partial charge in [0, 0.05) is 30.2 Å². The molecule has 0 aliphatic carbocycles. The van der Waals surface area contributed by atoms with Gasteiger partial charge in [-0.2, -0.15) is 0 Å². The van der Waals surface area contributed by atoms with Gasteiger partial charge in [0.15, 0.2) is 0 Å². The van der Waals surface area contributed by atoms with E-state index in [-0.39, 0.29) is 0 Å². The molecule has 2 aromatic rings. The standard InChI is InChI=1S/C13H17N3/c1-9-11-3-2-8-16(11)12-5-7-15-10(4-6-14)13(9)12/h5,7H,2-4,6,8,14H2,1H3. The van der Waals surface area contributed by atoms with Crippen LogP contribution in [0.4, 0.5) is 0 Å². The number of hydrogen-bond donors (Lipinski definition) is 1. The monoisotopic (exact) mass is 215 g/mol. The Morgan fingerprint density at radius 2 is 2.38 bits per heavy atom. The van der Waals surface area contributed by atoms with Crippen LogP contribution in [0.5, 0.6) is 0 Å².